The first-order valence-electron chi connectivity index (χ1n) is 12.5. The minimum atomic E-state index is -2.92. The van der Waals surface area contributed by atoms with E-state index in [1.165, 1.54) is 77.0 Å². The fourth-order valence-corrected chi connectivity index (χ4v) is 5.54. The van der Waals surface area contributed by atoms with Gasteiger partial charge in [0.2, 0.25) is 0 Å². The van der Waals surface area contributed by atoms with E-state index in [2.05, 4.69) is 27.7 Å². The summed E-state index contributed by atoms with van der Waals surface area (Å²) in [5.74, 6) is 0. The molecule has 0 spiro atoms. The van der Waals surface area contributed by atoms with Gasteiger partial charge in [0.25, 0.3) is 0 Å². The molecule has 0 aromatic rings. The van der Waals surface area contributed by atoms with E-state index < -0.39 is 7.60 Å². The number of hydrogen-bond donors (Lipinski definition) is 0. The maximum Gasteiger partial charge on any atom is 0.330 e. The van der Waals surface area contributed by atoms with Crippen LogP contribution < -0.4 is 0 Å². The molecule has 4 heteroatoms. The van der Waals surface area contributed by atoms with Gasteiger partial charge in [0.1, 0.15) is 0 Å². The van der Waals surface area contributed by atoms with Gasteiger partial charge >= 0.3 is 7.60 Å². The van der Waals surface area contributed by atoms with Crippen LogP contribution in [0.5, 0.6) is 0 Å². The fraction of sp³-hybridized carbons (Fsp3) is 1.00. The maximum absolute atomic E-state index is 13.1. The second-order valence-corrected chi connectivity index (χ2v) is 10.6. The lowest BCUT2D eigenvalue weighted by Crippen LogP contribution is -2.10. The molecule has 28 heavy (non-hydrogen) atoms. The average molecular weight is 419 g/mol. The number of hydrogen-bond acceptors (Lipinski definition) is 3. The Hall–Kier alpha value is 0.150. The molecule has 0 fully saturated rings. The second-order valence-electron chi connectivity index (χ2n) is 8.47. The van der Waals surface area contributed by atoms with Crippen molar-refractivity contribution in [2.45, 2.75) is 143 Å². The molecule has 0 aliphatic rings. The van der Waals surface area contributed by atoms with Crippen molar-refractivity contribution in [3.8, 4) is 0 Å². The molecule has 0 heterocycles. The highest BCUT2D eigenvalue weighted by atomic mass is 31.2. The Morgan fingerprint density at radius 1 is 0.643 bits per heavy atom. The molecule has 0 amide bonds. The first-order chi connectivity index (χ1) is 13.6. The van der Waals surface area contributed by atoms with Gasteiger partial charge in [-0.15, -0.1) is 0 Å². The van der Waals surface area contributed by atoms with Gasteiger partial charge < -0.3 is 9.05 Å². The highest BCUT2D eigenvalue weighted by Crippen LogP contribution is 2.50. The van der Waals surface area contributed by atoms with Crippen molar-refractivity contribution in [3.63, 3.8) is 0 Å². The quantitative estimate of drug-likeness (QED) is 0.130. The number of rotatable bonds is 22. The van der Waals surface area contributed by atoms with E-state index >= 15 is 0 Å². The van der Waals surface area contributed by atoms with Crippen LogP contribution in [0.4, 0.5) is 0 Å². The van der Waals surface area contributed by atoms with Crippen LogP contribution in [0, 0.1) is 0 Å². The predicted molar refractivity (Wildman–Crippen MR) is 124 cm³/mol. The van der Waals surface area contributed by atoms with Crippen molar-refractivity contribution >= 4 is 7.60 Å². The molecule has 0 aliphatic heterocycles. The maximum atomic E-state index is 13.1. The van der Waals surface area contributed by atoms with Crippen LogP contribution in [0.25, 0.3) is 0 Å². The Morgan fingerprint density at radius 3 is 1.64 bits per heavy atom. The van der Waals surface area contributed by atoms with E-state index in [9.17, 15) is 4.57 Å². The van der Waals surface area contributed by atoms with Gasteiger partial charge in [0, 0.05) is 0 Å². The Morgan fingerprint density at radius 2 is 1.11 bits per heavy atom. The molecule has 170 valence electrons. The highest BCUT2D eigenvalue weighted by Gasteiger charge is 2.26. The molecule has 2 unspecified atom stereocenters. The zero-order valence-electron chi connectivity index (χ0n) is 19.7. The summed E-state index contributed by atoms with van der Waals surface area (Å²) in [5.41, 5.74) is 0. The summed E-state index contributed by atoms with van der Waals surface area (Å²) in [5, 5.41) is 0. The molecule has 2 atom stereocenters. The summed E-state index contributed by atoms with van der Waals surface area (Å²) >= 11 is 0. The van der Waals surface area contributed by atoms with Gasteiger partial charge in [-0.05, 0) is 26.2 Å². The molecule has 0 aromatic carbocycles. The van der Waals surface area contributed by atoms with Crippen LogP contribution in [-0.2, 0) is 13.6 Å². The van der Waals surface area contributed by atoms with Crippen molar-refractivity contribution in [3.05, 3.63) is 0 Å². The van der Waals surface area contributed by atoms with Crippen molar-refractivity contribution in [1.29, 1.82) is 0 Å². The van der Waals surface area contributed by atoms with Crippen LogP contribution in [0.2, 0.25) is 0 Å². The third-order valence-electron chi connectivity index (χ3n) is 5.38. The summed E-state index contributed by atoms with van der Waals surface area (Å²) < 4.78 is 24.9. The molecule has 3 nitrogen and oxygen atoms in total. The summed E-state index contributed by atoms with van der Waals surface area (Å²) in [6, 6.07) is 0. The molecular weight excluding hydrogens is 367 g/mol. The minimum absolute atomic E-state index is 0.0345. The van der Waals surface area contributed by atoms with Crippen molar-refractivity contribution in [2.75, 3.05) is 12.8 Å². The van der Waals surface area contributed by atoms with E-state index in [4.69, 9.17) is 9.05 Å². The normalized spacial score (nSPS) is 14.9. The van der Waals surface area contributed by atoms with Gasteiger partial charge in [0.05, 0.1) is 18.9 Å². The van der Waals surface area contributed by atoms with Crippen LogP contribution >= 0.6 is 7.60 Å². The summed E-state index contributed by atoms with van der Waals surface area (Å²) in [4.78, 5) is 0. The van der Waals surface area contributed by atoms with E-state index in [1.807, 2.05) is 0 Å². The molecule has 0 saturated heterocycles. The molecule has 0 aromatic heterocycles. The first kappa shape index (κ1) is 28.1. The molecule has 0 saturated carbocycles. The van der Waals surface area contributed by atoms with Crippen molar-refractivity contribution in [1.82, 2.24) is 0 Å². The molecule has 0 rings (SSSR count). The van der Waals surface area contributed by atoms with Crippen molar-refractivity contribution < 1.29 is 13.6 Å². The lowest BCUT2D eigenvalue weighted by Gasteiger charge is -2.22. The van der Waals surface area contributed by atoms with Crippen molar-refractivity contribution in [2.24, 2.45) is 0 Å². The molecular formula is C24H51O3P. The largest absolute Gasteiger partial charge is 0.330 e. The van der Waals surface area contributed by atoms with Crippen LogP contribution in [0.1, 0.15) is 137 Å². The summed E-state index contributed by atoms with van der Waals surface area (Å²) in [7, 11) is -2.92. The smallest absolute Gasteiger partial charge is 0.309 e. The Kier molecular flexibility index (Phi) is 20.5. The molecule has 0 N–H and O–H groups in total. The standard InChI is InChI=1S/C24H51O3P/c1-5-8-11-13-14-15-16-17-18-20-22-26-28(25,23-10-7-3)27-24(4)21-19-12-9-6-2/h24H,5-23H2,1-4H3. The lowest BCUT2D eigenvalue weighted by molar-refractivity contribution is 0.147. The molecule has 0 bridgehead atoms. The first-order valence-corrected chi connectivity index (χ1v) is 14.2. The highest BCUT2D eigenvalue weighted by molar-refractivity contribution is 7.53. The fourth-order valence-electron chi connectivity index (χ4n) is 3.48. The van der Waals surface area contributed by atoms with Crippen LogP contribution in [0.15, 0.2) is 0 Å². The SMILES string of the molecule is CCCCCCCCCCCCOP(=O)(CCCC)OC(C)CCCCCC. The third kappa shape index (κ3) is 18.2. The zero-order chi connectivity index (χ0) is 20.9. The summed E-state index contributed by atoms with van der Waals surface area (Å²) in [6.07, 6.45) is 21.4. The van der Waals surface area contributed by atoms with Gasteiger partial charge in [0.15, 0.2) is 0 Å². The second kappa shape index (κ2) is 20.4. The Labute approximate surface area is 177 Å². The predicted octanol–water partition coefficient (Wildman–Crippen LogP) is 9.29. The molecule has 0 aliphatic carbocycles. The average Bonchev–Trinajstić information content (AvgIpc) is 2.68. The summed E-state index contributed by atoms with van der Waals surface area (Å²) in [6.45, 7) is 9.25. The van der Waals surface area contributed by atoms with Gasteiger partial charge in [-0.25, -0.2) is 0 Å². The van der Waals surface area contributed by atoms with E-state index in [1.54, 1.807) is 0 Å². The lowest BCUT2D eigenvalue weighted by atomic mass is 10.1. The van der Waals surface area contributed by atoms with Gasteiger partial charge in [-0.1, -0.05) is 111 Å². The van der Waals surface area contributed by atoms with Crippen LogP contribution in [-0.4, -0.2) is 18.9 Å². The van der Waals surface area contributed by atoms with Gasteiger partial charge in [-0.3, -0.25) is 4.57 Å². The monoisotopic (exact) mass is 418 g/mol. The zero-order valence-corrected chi connectivity index (χ0v) is 20.6. The van der Waals surface area contributed by atoms with E-state index in [0.717, 1.165) is 32.1 Å². The molecule has 0 radical (unpaired) electrons. The number of unbranched alkanes of at least 4 members (excludes halogenated alkanes) is 13. The Balaban J connectivity index is 3.90. The minimum Gasteiger partial charge on any atom is -0.309 e. The third-order valence-corrected chi connectivity index (χ3v) is 7.50. The topological polar surface area (TPSA) is 35.5 Å². The van der Waals surface area contributed by atoms with Crippen LogP contribution in [0.3, 0.4) is 0 Å². The van der Waals surface area contributed by atoms with Gasteiger partial charge in [-0.2, -0.15) is 0 Å². The Bertz CT molecular complexity index is 360. The van der Waals surface area contributed by atoms with E-state index in [0.29, 0.717) is 12.8 Å². The van der Waals surface area contributed by atoms with E-state index in [-0.39, 0.29) is 6.10 Å².